The maximum Gasteiger partial charge on any atom is 0.175 e. The monoisotopic (exact) mass is 309 g/mol. The van der Waals surface area contributed by atoms with E-state index in [4.69, 9.17) is 10.5 Å². The zero-order valence-electron chi connectivity index (χ0n) is 10.5. The van der Waals surface area contributed by atoms with Crippen molar-refractivity contribution in [2.24, 2.45) is 5.73 Å². The summed E-state index contributed by atoms with van der Waals surface area (Å²) in [5.41, 5.74) is 9.76. The first kappa shape index (κ1) is 13.1. The van der Waals surface area contributed by atoms with Crippen molar-refractivity contribution >= 4 is 15.9 Å². The molecule has 0 aliphatic carbocycles. The number of aromatic nitrogens is 2. The Balaban J connectivity index is 2.44. The lowest BCUT2D eigenvalue weighted by atomic mass is 10.1. The topological polar surface area (TPSA) is 63.9 Å². The fraction of sp³-hybridized carbons (Fsp3) is 0.308. The van der Waals surface area contributed by atoms with Crippen LogP contribution in [0.1, 0.15) is 11.3 Å². The first-order valence-electron chi connectivity index (χ1n) is 5.75. The number of hydrogen-bond donors (Lipinski definition) is 2. The molecule has 0 radical (unpaired) electrons. The highest BCUT2D eigenvalue weighted by Crippen LogP contribution is 2.28. The number of aryl methyl sites for hydroxylation is 1. The van der Waals surface area contributed by atoms with Crippen LogP contribution in [0.4, 0.5) is 0 Å². The van der Waals surface area contributed by atoms with Gasteiger partial charge in [0.15, 0.2) is 4.73 Å². The predicted octanol–water partition coefficient (Wildman–Crippen LogP) is 2.66. The van der Waals surface area contributed by atoms with Gasteiger partial charge >= 0.3 is 0 Å². The van der Waals surface area contributed by atoms with Crippen molar-refractivity contribution in [1.82, 2.24) is 9.97 Å². The van der Waals surface area contributed by atoms with Crippen LogP contribution in [-0.4, -0.2) is 23.6 Å². The Hall–Kier alpha value is -1.33. The maximum atomic E-state index is 5.61. The highest BCUT2D eigenvalue weighted by molar-refractivity contribution is 9.10. The molecule has 18 heavy (non-hydrogen) atoms. The van der Waals surface area contributed by atoms with Crippen molar-refractivity contribution in [3.05, 3.63) is 34.2 Å². The van der Waals surface area contributed by atoms with Crippen LogP contribution in [0.3, 0.4) is 0 Å². The lowest BCUT2D eigenvalue weighted by Gasteiger charge is -2.07. The molecule has 0 bridgehead atoms. The van der Waals surface area contributed by atoms with Gasteiger partial charge < -0.3 is 15.5 Å². The number of halogens is 1. The molecule has 0 atom stereocenters. The molecule has 96 valence electrons. The number of imidazole rings is 1. The van der Waals surface area contributed by atoms with Crippen LogP contribution in [-0.2, 0) is 6.42 Å². The zero-order chi connectivity index (χ0) is 13.1. The summed E-state index contributed by atoms with van der Waals surface area (Å²) in [7, 11) is 1.67. The lowest BCUT2D eigenvalue weighted by molar-refractivity contribution is 0.412. The van der Waals surface area contributed by atoms with Gasteiger partial charge in [0.25, 0.3) is 0 Å². The van der Waals surface area contributed by atoms with Crippen LogP contribution >= 0.6 is 15.9 Å². The average Bonchev–Trinajstić information content (AvgIpc) is 2.71. The first-order chi connectivity index (χ1) is 8.65. The molecule has 0 saturated carbocycles. The molecular weight excluding hydrogens is 294 g/mol. The number of nitrogens with one attached hydrogen (secondary N) is 1. The van der Waals surface area contributed by atoms with Crippen molar-refractivity contribution in [3.8, 4) is 17.0 Å². The number of H-pyrrole nitrogens is 1. The molecule has 0 aliphatic heterocycles. The minimum Gasteiger partial charge on any atom is -0.496 e. The molecule has 0 unspecified atom stereocenters. The smallest absolute Gasteiger partial charge is 0.175 e. The molecular formula is C13H16BrN3O. The second-order valence-corrected chi connectivity index (χ2v) is 4.83. The van der Waals surface area contributed by atoms with E-state index in [9.17, 15) is 0 Å². The van der Waals surface area contributed by atoms with Gasteiger partial charge in [-0.15, -0.1) is 0 Å². The lowest BCUT2D eigenvalue weighted by Crippen LogP contribution is -2.04. The van der Waals surface area contributed by atoms with E-state index < -0.39 is 0 Å². The number of ether oxygens (including phenoxy) is 1. The molecule has 0 fully saturated rings. The predicted molar refractivity (Wildman–Crippen MR) is 75.8 cm³/mol. The Kier molecular flexibility index (Phi) is 4.04. The second-order valence-electron chi connectivity index (χ2n) is 4.08. The highest BCUT2D eigenvalue weighted by atomic mass is 79.9. The van der Waals surface area contributed by atoms with E-state index in [0.717, 1.165) is 39.4 Å². The standard InChI is InChI=1S/C13H16BrN3O/c1-8-7-9(3-4-11(8)18-2)12-10(5-6-15)16-13(14)17-12/h3-4,7H,5-6,15H2,1-2H3,(H,16,17). The van der Waals surface area contributed by atoms with Crippen LogP contribution < -0.4 is 10.5 Å². The van der Waals surface area contributed by atoms with Crippen molar-refractivity contribution in [3.63, 3.8) is 0 Å². The highest BCUT2D eigenvalue weighted by Gasteiger charge is 2.11. The zero-order valence-corrected chi connectivity index (χ0v) is 12.0. The summed E-state index contributed by atoms with van der Waals surface area (Å²) < 4.78 is 5.99. The second kappa shape index (κ2) is 5.54. The van der Waals surface area contributed by atoms with Crippen molar-refractivity contribution in [2.75, 3.05) is 13.7 Å². The molecule has 0 saturated heterocycles. The first-order valence-corrected chi connectivity index (χ1v) is 6.54. The van der Waals surface area contributed by atoms with Gasteiger partial charge in [-0.25, -0.2) is 4.98 Å². The van der Waals surface area contributed by atoms with E-state index in [1.54, 1.807) is 7.11 Å². The SMILES string of the molecule is COc1ccc(-c2nc(Br)[nH]c2CCN)cc1C. The van der Waals surface area contributed by atoms with Gasteiger partial charge in [0.2, 0.25) is 0 Å². The van der Waals surface area contributed by atoms with Gasteiger partial charge in [0, 0.05) is 17.7 Å². The summed E-state index contributed by atoms with van der Waals surface area (Å²) in [6.07, 6.45) is 0.777. The van der Waals surface area contributed by atoms with E-state index in [0.29, 0.717) is 6.54 Å². The Bertz CT molecular complexity index is 551. The van der Waals surface area contributed by atoms with Crippen LogP contribution in [0.2, 0.25) is 0 Å². The third-order valence-electron chi connectivity index (χ3n) is 2.81. The van der Waals surface area contributed by atoms with Crippen molar-refractivity contribution in [2.45, 2.75) is 13.3 Å². The third-order valence-corrected chi connectivity index (χ3v) is 3.19. The normalized spacial score (nSPS) is 10.7. The third kappa shape index (κ3) is 2.57. The van der Waals surface area contributed by atoms with Crippen LogP contribution in [0.15, 0.2) is 22.9 Å². The minimum absolute atomic E-state index is 0.594. The van der Waals surface area contributed by atoms with Gasteiger partial charge in [-0.1, -0.05) is 0 Å². The number of hydrogen-bond acceptors (Lipinski definition) is 3. The Morgan fingerprint density at radius 1 is 1.44 bits per heavy atom. The van der Waals surface area contributed by atoms with Crippen molar-refractivity contribution in [1.29, 1.82) is 0 Å². The fourth-order valence-electron chi connectivity index (χ4n) is 1.97. The molecule has 1 heterocycles. The summed E-state index contributed by atoms with van der Waals surface area (Å²) in [6.45, 7) is 2.61. The minimum atomic E-state index is 0.594. The molecule has 4 nitrogen and oxygen atoms in total. The van der Waals surface area contributed by atoms with Gasteiger partial charge in [-0.05, 0) is 53.2 Å². The molecule has 0 aliphatic rings. The van der Waals surface area contributed by atoms with E-state index >= 15 is 0 Å². The van der Waals surface area contributed by atoms with Crippen LogP contribution in [0.25, 0.3) is 11.3 Å². The number of methoxy groups -OCH3 is 1. The summed E-state index contributed by atoms with van der Waals surface area (Å²) in [6, 6.07) is 6.04. The number of rotatable bonds is 4. The van der Waals surface area contributed by atoms with Crippen molar-refractivity contribution < 1.29 is 4.74 Å². The summed E-state index contributed by atoms with van der Waals surface area (Å²) in [5, 5.41) is 0. The van der Waals surface area contributed by atoms with E-state index in [1.165, 1.54) is 0 Å². The van der Waals surface area contributed by atoms with E-state index in [1.807, 2.05) is 19.1 Å². The van der Waals surface area contributed by atoms with Gasteiger partial charge in [-0.3, -0.25) is 0 Å². The fourth-order valence-corrected chi connectivity index (χ4v) is 2.38. The van der Waals surface area contributed by atoms with Gasteiger partial charge in [-0.2, -0.15) is 0 Å². The Labute approximate surface area is 115 Å². The Morgan fingerprint density at radius 3 is 2.83 bits per heavy atom. The summed E-state index contributed by atoms with van der Waals surface area (Å²) in [4.78, 5) is 7.65. The molecule has 2 aromatic rings. The molecule has 0 spiro atoms. The maximum absolute atomic E-state index is 5.61. The largest absolute Gasteiger partial charge is 0.496 e. The molecule has 0 amide bonds. The van der Waals surface area contributed by atoms with E-state index in [-0.39, 0.29) is 0 Å². The Morgan fingerprint density at radius 2 is 2.22 bits per heavy atom. The van der Waals surface area contributed by atoms with Crippen LogP contribution in [0, 0.1) is 6.92 Å². The molecule has 5 heteroatoms. The molecule has 1 aromatic heterocycles. The molecule has 3 N–H and O–H groups in total. The van der Waals surface area contributed by atoms with Gasteiger partial charge in [0.05, 0.1) is 12.8 Å². The summed E-state index contributed by atoms with van der Waals surface area (Å²) in [5.74, 6) is 0.883. The molecule has 1 aromatic carbocycles. The average molecular weight is 310 g/mol. The summed E-state index contributed by atoms with van der Waals surface area (Å²) >= 11 is 3.36. The number of benzene rings is 1. The number of aromatic amines is 1. The quantitative estimate of drug-likeness (QED) is 0.912. The van der Waals surface area contributed by atoms with Gasteiger partial charge in [0.1, 0.15) is 5.75 Å². The number of nitrogens with zero attached hydrogens (tertiary/aromatic N) is 1. The molecule has 2 rings (SSSR count). The van der Waals surface area contributed by atoms with E-state index in [2.05, 4.69) is 32.0 Å². The van der Waals surface area contributed by atoms with Crippen LogP contribution in [0.5, 0.6) is 5.75 Å². The number of nitrogens with two attached hydrogens (primary N) is 1.